The minimum atomic E-state index is -0.297. The number of ether oxygens (including phenoxy) is 3. The summed E-state index contributed by atoms with van der Waals surface area (Å²) in [4.78, 5) is 12.1. The molecule has 0 heterocycles. The molecule has 0 aliphatic rings. The maximum absolute atomic E-state index is 12.1. The summed E-state index contributed by atoms with van der Waals surface area (Å²) < 4.78 is 21.5. The zero-order valence-electron chi connectivity index (χ0n) is 14.1. The Balaban J connectivity index is 1.93. The van der Waals surface area contributed by atoms with Crippen LogP contribution in [0.5, 0.6) is 0 Å². The van der Waals surface area contributed by atoms with Crippen LogP contribution in [-0.4, -0.2) is 39.0 Å². The van der Waals surface area contributed by atoms with Gasteiger partial charge in [-0.3, -0.25) is 0 Å². The topological polar surface area (TPSA) is 54.0 Å². The molecule has 0 radical (unpaired) electrons. The number of carbonyl (C=O) groups excluding carboxylic acids is 1. The predicted octanol–water partition coefficient (Wildman–Crippen LogP) is 4.51. The number of hydrogen-bond acceptors (Lipinski definition) is 5. The van der Waals surface area contributed by atoms with E-state index in [0.717, 1.165) is 16.3 Å². The van der Waals surface area contributed by atoms with Crippen LogP contribution >= 0.6 is 28.5 Å². The second kappa shape index (κ2) is 11.8. The lowest BCUT2D eigenvalue weighted by atomic mass is 10.00. The molecule has 136 valence electrons. The van der Waals surface area contributed by atoms with Crippen LogP contribution in [0.4, 0.5) is 0 Å². The van der Waals surface area contributed by atoms with Gasteiger partial charge in [0.25, 0.3) is 0 Å². The summed E-state index contributed by atoms with van der Waals surface area (Å²) >= 11 is 2.18. The van der Waals surface area contributed by atoms with E-state index in [4.69, 9.17) is 18.7 Å². The summed E-state index contributed by atoms with van der Waals surface area (Å²) in [6, 6.07) is 11.5. The highest BCUT2D eigenvalue weighted by Gasteiger charge is 2.13. The third-order valence-corrected chi connectivity index (χ3v) is 4.77. The van der Waals surface area contributed by atoms with Crippen molar-refractivity contribution in [1.29, 1.82) is 0 Å². The Hall–Kier alpha value is -0.790. The maximum Gasteiger partial charge on any atom is 0.338 e. The van der Waals surface area contributed by atoms with E-state index in [1.54, 1.807) is 13.0 Å². The van der Waals surface area contributed by atoms with Crippen molar-refractivity contribution >= 4 is 45.2 Å². The Morgan fingerprint density at radius 1 is 1.00 bits per heavy atom. The number of carbonyl (C=O) groups is 1. The zero-order chi connectivity index (χ0) is 17.9. The van der Waals surface area contributed by atoms with Crippen molar-refractivity contribution in [1.82, 2.24) is 0 Å². The Morgan fingerprint density at radius 3 is 2.48 bits per heavy atom. The fourth-order valence-corrected chi connectivity index (χ4v) is 3.24. The van der Waals surface area contributed by atoms with E-state index in [9.17, 15) is 4.79 Å². The van der Waals surface area contributed by atoms with Gasteiger partial charge in [0.2, 0.25) is 0 Å². The monoisotopic (exact) mass is 476 g/mol. The summed E-state index contributed by atoms with van der Waals surface area (Å²) in [6.07, 6.45) is 0. The fourth-order valence-electron chi connectivity index (χ4n) is 2.42. The first-order valence-corrected chi connectivity index (χ1v) is 12.1. The molecule has 0 aromatic heterocycles. The molecule has 2 aromatic rings. The quantitative estimate of drug-likeness (QED) is 0.207. The molecule has 1 unspecified atom stereocenters. The molecule has 2 aromatic carbocycles. The number of esters is 1. The Labute approximate surface area is 162 Å². The van der Waals surface area contributed by atoms with Gasteiger partial charge in [0.1, 0.15) is 0 Å². The van der Waals surface area contributed by atoms with Crippen LogP contribution < -0.4 is 0 Å². The van der Waals surface area contributed by atoms with E-state index in [0.29, 0.717) is 51.7 Å². The molecule has 0 aliphatic carbocycles. The highest BCUT2D eigenvalue weighted by atomic mass is 127. The number of halogens is 1. The molecule has 0 spiro atoms. The Morgan fingerprint density at radius 2 is 1.72 bits per heavy atom. The molecule has 0 saturated carbocycles. The standard InChI is InChI=1S/C18H22IO5P/c1-2-23-18(20)17-8-7-14(15-5-3-4-6-16(15)17)13-22-10-9-21-11-12-24-25-19/h3-8,25H,2,9-13H2,1H3. The van der Waals surface area contributed by atoms with Crippen LogP contribution in [0.25, 0.3) is 10.8 Å². The first-order chi connectivity index (χ1) is 12.3. The SMILES string of the molecule is CCOC(=O)c1ccc(COCCOCCOPI)c2ccccc12. The van der Waals surface area contributed by atoms with Gasteiger partial charge in [0.05, 0.1) is 51.7 Å². The molecule has 5 nitrogen and oxygen atoms in total. The smallest absolute Gasteiger partial charge is 0.338 e. The Kier molecular flexibility index (Phi) is 9.65. The number of hydrogen-bond donors (Lipinski definition) is 0. The highest BCUT2D eigenvalue weighted by Crippen LogP contribution is 2.24. The molecule has 7 heteroatoms. The van der Waals surface area contributed by atoms with E-state index in [2.05, 4.69) is 22.0 Å². The van der Waals surface area contributed by atoms with E-state index in [-0.39, 0.29) is 5.97 Å². The molecular formula is C18H22IO5P. The van der Waals surface area contributed by atoms with E-state index >= 15 is 0 Å². The van der Waals surface area contributed by atoms with Crippen molar-refractivity contribution in [3.8, 4) is 0 Å². The molecule has 1 atom stereocenters. The van der Waals surface area contributed by atoms with Gasteiger partial charge in [-0.1, -0.05) is 30.3 Å². The van der Waals surface area contributed by atoms with Crippen LogP contribution in [-0.2, 0) is 25.3 Å². The van der Waals surface area contributed by atoms with Gasteiger partial charge in [-0.2, -0.15) is 0 Å². The zero-order valence-corrected chi connectivity index (χ0v) is 17.3. The van der Waals surface area contributed by atoms with Gasteiger partial charge < -0.3 is 18.7 Å². The lowest BCUT2D eigenvalue weighted by molar-refractivity contribution is 0.0324. The van der Waals surface area contributed by atoms with Crippen molar-refractivity contribution in [2.45, 2.75) is 13.5 Å². The highest BCUT2D eigenvalue weighted by molar-refractivity contribution is 14.2. The molecule has 0 aliphatic heterocycles. The van der Waals surface area contributed by atoms with Crippen LogP contribution in [0.3, 0.4) is 0 Å². The third kappa shape index (κ3) is 6.46. The summed E-state index contributed by atoms with van der Waals surface area (Å²) in [5, 5.41) is 1.89. The van der Waals surface area contributed by atoms with Crippen molar-refractivity contribution in [3.05, 3.63) is 47.5 Å². The van der Waals surface area contributed by atoms with Gasteiger partial charge in [-0.05, 0) is 51.4 Å². The average Bonchev–Trinajstić information content (AvgIpc) is 2.64. The molecule has 25 heavy (non-hydrogen) atoms. The van der Waals surface area contributed by atoms with Crippen molar-refractivity contribution < 1.29 is 23.5 Å². The fraction of sp³-hybridized carbons (Fsp3) is 0.389. The van der Waals surface area contributed by atoms with Crippen molar-refractivity contribution in [3.63, 3.8) is 0 Å². The number of benzene rings is 2. The van der Waals surface area contributed by atoms with Crippen molar-refractivity contribution in [2.75, 3.05) is 33.0 Å². The van der Waals surface area contributed by atoms with Gasteiger partial charge in [0.15, 0.2) is 0 Å². The average molecular weight is 476 g/mol. The largest absolute Gasteiger partial charge is 0.462 e. The number of rotatable bonds is 11. The molecule has 0 bridgehead atoms. The van der Waals surface area contributed by atoms with Crippen LogP contribution in [0.15, 0.2) is 36.4 Å². The summed E-state index contributed by atoms with van der Waals surface area (Å²) in [6.45, 7) is 5.34. The lowest BCUT2D eigenvalue weighted by Gasteiger charge is -2.11. The summed E-state index contributed by atoms with van der Waals surface area (Å²) in [5.41, 5.74) is 1.62. The first kappa shape index (κ1) is 20.5. The molecular weight excluding hydrogens is 454 g/mol. The van der Waals surface area contributed by atoms with Gasteiger partial charge in [-0.15, -0.1) is 0 Å². The first-order valence-electron chi connectivity index (χ1n) is 8.08. The summed E-state index contributed by atoms with van der Waals surface area (Å²) in [5.74, 6) is -0.297. The molecule has 0 amide bonds. The third-order valence-electron chi connectivity index (χ3n) is 3.52. The molecule has 0 fully saturated rings. The molecule has 0 N–H and O–H groups in total. The van der Waals surface area contributed by atoms with Crippen molar-refractivity contribution in [2.24, 2.45) is 0 Å². The van der Waals surface area contributed by atoms with Crippen LogP contribution in [0.1, 0.15) is 22.8 Å². The van der Waals surface area contributed by atoms with Gasteiger partial charge >= 0.3 is 5.97 Å². The van der Waals surface area contributed by atoms with E-state index in [1.807, 2.05) is 30.3 Å². The normalized spacial score (nSPS) is 11.4. The predicted molar refractivity (Wildman–Crippen MR) is 109 cm³/mol. The number of fused-ring (bicyclic) bond motifs is 1. The minimum Gasteiger partial charge on any atom is -0.462 e. The van der Waals surface area contributed by atoms with E-state index in [1.165, 1.54) is 0 Å². The van der Waals surface area contributed by atoms with Gasteiger partial charge in [-0.25, -0.2) is 4.79 Å². The second-order valence-corrected chi connectivity index (χ2v) is 6.89. The van der Waals surface area contributed by atoms with E-state index < -0.39 is 0 Å². The summed E-state index contributed by atoms with van der Waals surface area (Å²) in [7, 11) is 0. The minimum absolute atomic E-state index is 0.297. The second-order valence-electron chi connectivity index (χ2n) is 5.13. The molecule has 2 rings (SSSR count). The van der Waals surface area contributed by atoms with Crippen LogP contribution in [0.2, 0.25) is 0 Å². The molecule has 0 saturated heterocycles. The van der Waals surface area contributed by atoms with Crippen LogP contribution in [0, 0.1) is 0 Å². The maximum atomic E-state index is 12.1. The Bertz CT molecular complexity index is 680. The lowest BCUT2D eigenvalue weighted by Crippen LogP contribution is -2.08. The van der Waals surface area contributed by atoms with Gasteiger partial charge in [0, 0.05) is 0 Å².